The molecule has 3 aromatic carbocycles. The van der Waals surface area contributed by atoms with Crippen LogP contribution in [-0.2, 0) is 26.7 Å². The molecule has 1 saturated carbocycles. The molecule has 0 spiro atoms. The van der Waals surface area contributed by atoms with Crippen molar-refractivity contribution in [3.8, 4) is 22.5 Å². The number of anilines is 1. The smallest absolute Gasteiger partial charge is 0.411 e. The molecule has 2 heterocycles. The highest BCUT2D eigenvalue weighted by Gasteiger charge is 2.65. The number of halogens is 4. The number of aromatic amines is 1. The van der Waals surface area contributed by atoms with Gasteiger partial charge in [-0.05, 0) is 123 Å². The summed E-state index contributed by atoms with van der Waals surface area (Å²) < 4.78 is 55.9. The number of hydrogen-bond acceptors (Lipinski definition) is 8. The van der Waals surface area contributed by atoms with Crippen molar-refractivity contribution >= 4 is 29.3 Å². The number of hydrogen-bond donors (Lipinski definition) is 6. The molecular weight excluding hydrogens is 746 g/mol. The first-order valence-electron chi connectivity index (χ1n) is 18.9. The van der Waals surface area contributed by atoms with Crippen molar-refractivity contribution < 1.29 is 41.8 Å². The molecule has 2 aliphatic rings. The van der Waals surface area contributed by atoms with Gasteiger partial charge in [0.2, 0.25) is 11.7 Å². The van der Waals surface area contributed by atoms with E-state index in [0.29, 0.717) is 36.6 Å². The van der Waals surface area contributed by atoms with Crippen molar-refractivity contribution in [3.63, 3.8) is 0 Å². The predicted octanol–water partition coefficient (Wildman–Crippen LogP) is 5.87. The van der Waals surface area contributed by atoms with E-state index in [2.05, 4.69) is 26.0 Å². The Morgan fingerprint density at radius 3 is 2.23 bits per heavy atom. The molecule has 16 heteroatoms. The molecule has 1 aliphatic heterocycles. The molecule has 57 heavy (non-hydrogen) atoms. The van der Waals surface area contributed by atoms with Gasteiger partial charge in [-0.3, -0.25) is 19.5 Å². The molecular formula is C41H45F4N7O5. The molecule has 2 atom stereocenters. The van der Waals surface area contributed by atoms with E-state index in [1.807, 2.05) is 43.3 Å². The largest absolute Gasteiger partial charge is 0.477 e. The Bertz CT molecular complexity index is 2080. The normalized spacial score (nSPS) is 19.2. The lowest BCUT2D eigenvalue weighted by Gasteiger charge is -2.27. The van der Waals surface area contributed by atoms with Crippen LogP contribution in [0, 0.1) is 24.7 Å². The zero-order chi connectivity index (χ0) is 40.9. The number of ketones is 1. The number of Topliss-reactive ketones (excluding diaryl/α,β-unsaturated/α-hetero) is 1. The summed E-state index contributed by atoms with van der Waals surface area (Å²) >= 11 is 0. The number of amides is 2. The predicted molar refractivity (Wildman–Crippen MR) is 204 cm³/mol. The number of carboxylic acids is 1. The van der Waals surface area contributed by atoms with E-state index >= 15 is 0 Å². The highest BCUT2D eigenvalue weighted by atomic mass is 19.3. The first-order chi connectivity index (χ1) is 27.2. The second-order valence-corrected chi connectivity index (χ2v) is 14.9. The molecule has 12 nitrogen and oxygen atoms in total. The second-order valence-electron chi connectivity index (χ2n) is 14.9. The van der Waals surface area contributed by atoms with Gasteiger partial charge in [-0.1, -0.05) is 30.3 Å². The summed E-state index contributed by atoms with van der Waals surface area (Å²) in [5.74, 6) is -16.7. The number of aliphatic carboxylic acids is 1. The van der Waals surface area contributed by atoms with Gasteiger partial charge in [-0.15, -0.1) is 0 Å². The molecule has 7 N–H and O–H groups in total. The van der Waals surface area contributed by atoms with Crippen molar-refractivity contribution in [2.24, 2.45) is 23.5 Å². The Balaban J connectivity index is 1.15. The van der Waals surface area contributed by atoms with Crippen LogP contribution in [0.15, 0.2) is 66.7 Å². The molecule has 0 radical (unpaired) electrons. The fraction of sp³-hybridized carbons (Fsp3) is 0.415. The molecule has 6 rings (SSSR count). The number of carbonyl (C=O) groups is 4. The minimum atomic E-state index is -5.43. The van der Waals surface area contributed by atoms with Crippen LogP contribution < -0.4 is 21.7 Å². The highest BCUT2D eigenvalue weighted by molar-refractivity contribution is 5.96. The lowest BCUT2D eigenvalue weighted by molar-refractivity contribution is -0.231. The Morgan fingerprint density at radius 1 is 0.930 bits per heavy atom. The van der Waals surface area contributed by atoms with Gasteiger partial charge in [0.25, 0.3) is 5.91 Å². The van der Waals surface area contributed by atoms with Crippen LogP contribution in [-0.4, -0.2) is 75.5 Å². The molecule has 2 fully saturated rings. The Labute approximate surface area is 326 Å². The van der Waals surface area contributed by atoms with E-state index in [9.17, 15) is 36.7 Å². The van der Waals surface area contributed by atoms with Crippen LogP contribution in [0.3, 0.4) is 0 Å². The Hall–Kier alpha value is -5.48. The monoisotopic (exact) mass is 791 g/mol. The van der Waals surface area contributed by atoms with Crippen LogP contribution in [0.4, 0.5) is 23.2 Å². The fourth-order valence-corrected chi connectivity index (χ4v) is 7.43. The average molecular weight is 792 g/mol. The van der Waals surface area contributed by atoms with Gasteiger partial charge in [-0.25, -0.2) is 9.78 Å². The molecule has 0 unspecified atom stereocenters. The minimum Gasteiger partial charge on any atom is -0.477 e. The number of aromatic nitrogens is 3. The number of H-pyrrole nitrogens is 1. The number of aryl methyl sites for hydroxylation is 1. The van der Waals surface area contributed by atoms with Crippen molar-refractivity contribution in [3.05, 3.63) is 89.2 Å². The average Bonchev–Trinajstić information content (AvgIpc) is 3.92. The summed E-state index contributed by atoms with van der Waals surface area (Å²) in [7, 11) is 0. The van der Waals surface area contributed by atoms with Gasteiger partial charge in [0, 0.05) is 47.7 Å². The standard InChI is InChI=1S/C41H45F4N7O5/c1-23-18-29(36(54)49-32-16-17-47-22-32)12-15-33(23)26-6-2-24(3-7-26)19-30(20-34(53)27-8-4-25(21-46)5-9-27)37(55)48-31-13-10-28(11-14-31)35-50-38(52-51-35)40(42,43)41(44,45)39(56)57/h2-3,6-7,10-15,18,25,27,30,32,47H,4-5,8-9,16-17,19-22,46H2,1H3,(H,48,55)(H,49,54)(H,56,57)(H,50,51,52)/t25?,27?,30-,32+/m1/s1. The maximum Gasteiger partial charge on any atom is 0.411 e. The van der Waals surface area contributed by atoms with Crippen molar-refractivity contribution in [1.82, 2.24) is 25.8 Å². The van der Waals surface area contributed by atoms with Gasteiger partial charge in [-0.2, -0.15) is 22.7 Å². The quantitative estimate of drug-likeness (QED) is 0.0800. The zero-order valence-electron chi connectivity index (χ0n) is 31.3. The zero-order valence-corrected chi connectivity index (χ0v) is 31.3. The molecule has 1 aromatic heterocycles. The van der Waals surface area contributed by atoms with Gasteiger partial charge in [0.1, 0.15) is 5.78 Å². The third kappa shape index (κ3) is 9.39. The molecule has 1 aliphatic carbocycles. The maximum atomic E-state index is 14.2. The van der Waals surface area contributed by atoms with Crippen molar-refractivity contribution in [1.29, 1.82) is 0 Å². The van der Waals surface area contributed by atoms with Crippen molar-refractivity contribution in [2.45, 2.75) is 69.8 Å². The van der Waals surface area contributed by atoms with Gasteiger partial charge in [0.05, 0.1) is 0 Å². The summed E-state index contributed by atoms with van der Waals surface area (Å²) in [6, 6.07) is 19.0. The van der Waals surface area contributed by atoms with E-state index < -0.39 is 41.3 Å². The molecule has 1 saturated heterocycles. The number of benzene rings is 3. The number of rotatable bonds is 15. The molecule has 302 valence electrons. The number of alkyl halides is 4. The third-order valence-corrected chi connectivity index (χ3v) is 10.9. The van der Waals surface area contributed by atoms with Crippen LogP contribution in [0.1, 0.15) is 65.8 Å². The summed E-state index contributed by atoms with van der Waals surface area (Å²) in [6.07, 6.45) is 4.30. The number of nitrogens with zero attached hydrogens (tertiary/aromatic N) is 2. The topological polar surface area (TPSA) is 192 Å². The molecule has 4 aromatic rings. The van der Waals surface area contributed by atoms with E-state index in [4.69, 9.17) is 10.8 Å². The summed E-state index contributed by atoms with van der Waals surface area (Å²) in [5.41, 5.74) is 10.5. The van der Waals surface area contributed by atoms with Crippen LogP contribution in [0.25, 0.3) is 22.5 Å². The third-order valence-electron chi connectivity index (χ3n) is 10.9. The van der Waals surface area contributed by atoms with E-state index in [1.54, 1.807) is 11.2 Å². The highest BCUT2D eigenvalue weighted by Crippen LogP contribution is 2.42. The summed E-state index contributed by atoms with van der Waals surface area (Å²) in [6.45, 7) is 4.15. The number of carbonyl (C=O) groups excluding carboxylic acids is 3. The molecule has 2 amide bonds. The second kappa shape index (κ2) is 17.3. The molecule has 0 bridgehead atoms. The SMILES string of the molecule is Cc1cc(C(=O)N[C@H]2CCNC2)ccc1-c1ccc(C[C@H](CC(=O)C2CCC(CN)CC2)C(=O)Nc2ccc(-c3n[nH]c(C(F)(F)C(F)(F)C(=O)O)n3)cc2)cc1. The number of nitrogens with one attached hydrogen (secondary N) is 4. The lowest BCUT2D eigenvalue weighted by Crippen LogP contribution is -2.45. The van der Waals surface area contributed by atoms with Gasteiger partial charge in [0.15, 0.2) is 5.82 Å². The number of carboxylic acid groups (broad SMARTS) is 1. The number of nitrogens with two attached hydrogens (primary N) is 1. The summed E-state index contributed by atoms with van der Waals surface area (Å²) in [4.78, 5) is 54.4. The van der Waals surface area contributed by atoms with E-state index in [0.717, 1.165) is 54.6 Å². The maximum absolute atomic E-state index is 14.2. The Kier molecular flexibility index (Phi) is 12.5. The summed E-state index contributed by atoms with van der Waals surface area (Å²) in [5, 5.41) is 22.9. The first kappa shape index (κ1) is 41.2. The lowest BCUT2D eigenvalue weighted by atomic mass is 9.77. The Morgan fingerprint density at radius 2 is 1.61 bits per heavy atom. The van der Waals surface area contributed by atoms with E-state index in [1.165, 1.54) is 24.3 Å². The van der Waals surface area contributed by atoms with Crippen LogP contribution in [0.2, 0.25) is 0 Å². The van der Waals surface area contributed by atoms with Crippen LogP contribution >= 0.6 is 0 Å². The van der Waals surface area contributed by atoms with Gasteiger partial charge >= 0.3 is 17.8 Å². The van der Waals surface area contributed by atoms with Crippen LogP contribution in [0.5, 0.6) is 0 Å². The first-order valence-corrected chi connectivity index (χ1v) is 18.9. The van der Waals surface area contributed by atoms with Gasteiger partial charge < -0.3 is 26.8 Å². The van der Waals surface area contributed by atoms with E-state index in [-0.39, 0.29) is 42.1 Å². The van der Waals surface area contributed by atoms with Crippen molar-refractivity contribution in [2.75, 3.05) is 25.0 Å². The minimum absolute atomic E-state index is 0.00669. The fourth-order valence-electron chi connectivity index (χ4n) is 7.43.